The molecule has 1 unspecified atom stereocenters. The van der Waals surface area contributed by atoms with E-state index in [9.17, 15) is 0 Å². The van der Waals surface area contributed by atoms with Gasteiger partial charge >= 0.3 is 0 Å². The van der Waals surface area contributed by atoms with Gasteiger partial charge in [0.05, 0.1) is 0 Å². The molecule has 1 aromatic rings. The minimum Gasteiger partial charge on any atom is -0.508 e. The molecule has 0 radical (unpaired) electrons. The molecule has 2 rings (SSSR count). The SMILES string of the molecule is CC(Nc1ccc(O)cc1)C1(C)CC1. The topological polar surface area (TPSA) is 32.3 Å². The lowest BCUT2D eigenvalue weighted by molar-refractivity contribution is 0.475. The van der Waals surface area contributed by atoms with Crippen molar-refractivity contribution in [2.45, 2.75) is 32.7 Å². The van der Waals surface area contributed by atoms with Crippen LogP contribution in [0.2, 0.25) is 0 Å². The lowest BCUT2D eigenvalue weighted by Crippen LogP contribution is -2.24. The first-order valence-electron chi connectivity index (χ1n) is 5.16. The molecule has 1 saturated carbocycles. The summed E-state index contributed by atoms with van der Waals surface area (Å²) in [5.74, 6) is 0.320. The van der Waals surface area contributed by atoms with Gasteiger partial charge in [-0.1, -0.05) is 6.92 Å². The maximum Gasteiger partial charge on any atom is 0.115 e. The van der Waals surface area contributed by atoms with Gasteiger partial charge in [0.1, 0.15) is 5.75 Å². The van der Waals surface area contributed by atoms with Crippen LogP contribution in [-0.4, -0.2) is 11.1 Å². The lowest BCUT2D eigenvalue weighted by atomic mass is 10.0. The maximum atomic E-state index is 9.14. The van der Waals surface area contributed by atoms with E-state index in [-0.39, 0.29) is 0 Å². The molecule has 0 spiro atoms. The first kappa shape index (κ1) is 9.38. The first-order chi connectivity index (χ1) is 6.60. The van der Waals surface area contributed by atoms with Crippen LogP contribution in [0.1, 0.15) is 26.7 Å². The van der Waals surface area contributed by atoms with Gasteiger partial charge in [0, 0.05) is 11.7 Å². The number of benzene rings is 1. The summed E-state index contributed by atoms with van der Waals surface area (Å²) in [4.78, 5) is 0. The molecule has 1 aliphatic carbocycles. The van der Waals surface area contributed by atoms with Crippen molar-refractivity contribution in [3.05, 3.63) is 24.3 Å². The van der Waals surface area contributed by atoms with Crippen molar-refractivity contribution in [1.82, 2.24) is 0 Å². The highest BCUT2D eigenvalue weighted by Gasteiger charge is 2.42. The smallest absolute Gasteiger partial charge is 0.115 e. The van der Waals surface area contributed by atoms with E-state index in [2.05, 4.69) is 19.2 Å². The summed E-state index contributed by atoms with van der Waals surface area (Å²) in [7, 11) is 0. The van der Waals surface area contributed by atoms with Crippen molar-refractivity contribution in [2.75, 3.05) is 5.32 Å². The van der Waals surface area contributed by atoms with E-state index in [4.69, 9.17) is 5.11 Å². The normalized spacial score (nSPS) is 20.1. The molecule has 1 fully saturated rings. The van der Waals surface area contributed by atoms with Gasteiger partial charge in [0.2, 0.25) is 0 Å². The highest BCUT2D eigenvalue weighted by Crippen LogP contribution is 2.48. The summed E-state index contributed by atoms with van der Waals surface area (Å²) >= 11 is 0. The van der Waals surface area contributed by atoms with Crippen LogP contribution < -0.4 is 5.32 Å². The van der Waals surface area contributed by atoms with Gasteiger partial charge in [0.25, 0.3) is 0 Å². The third kappa shape index (κ3) is 1.84. The molecule has 1 atom stereocenters. The van der Waals surface area contributed by atoms with Crippen LogP contribution in [0.3, 0.4) is 0 Å². The fraction of sp³-hybridized carbons (Fsp3) is 0.500. The molecule has 1 aromatic carbocycles. The van der Waals surface area contributed by atoms with E-state index in [1.807, 2.05) is 12.1 Å². The minimum absolute atomic E-state index is 0.320. The van der Waals surface area contributed by atoms with E-state index in [0.29, 0.717) is 17.2 Å². The van der Waals surface area contributed by atoms with Crippen molar-refractivity contribution in [2.24, 2.45) is 5.41 Å². The molecule has 2 N–H and O–H groups in total. The molecule has 0 saturated heterocycles. The molecular weight excluding hydrogens is 174 g/mol. The minimum atomic E-state index is 0.320. The van der Waals surface area contributed by atoms with Gasteiger partial charge in [-0.25, -0.2) is 0 Å². The van der Waals surface area contributed by atoms with Crippen LogP contribution in [0.5, 0.6) is 5.75 Å². The zero-order valence-corrected chi connectivity index (χ0v) is 8.75. The van der Waals surface area contributed by atoms with Crippen molar-refractivity contribution >= 4 is 5.69 Å². The number of anilines is 1. The fourth-order valence-electron chi connectivity index (χ4n) is 1.61. The average molecular weight is 191 g/mol. The Balaban J connectivity index is 2.00. The number of phenols is 1. The van der Waals surface area contributed by atoms with Crippen LogP contribution in [0.25, 0.3) is 0 Å². The standard InChI is InChI=1S/C12H17NO/c1-9(12(2)7-8-12)13-10-3-5-11(14)6-4-10/h3-6,9,13-14H,7-8H2,1-2H3. The monoisotopic (exact) mass is 191 g/mol. The highest BCUT2D eigenvalue weighted by atomic mass is 16.3. The van der Waals surface area contributed by atoms with Gasteiger partial charge < -0.3 is 10.4 Å². The van der Waals surface area contributed by atoms with Gasteiger partial charge in [-0.15, -0.1) is 0 Å². The van der Waals surface area contributed by atoms with Crippen molar-refractivity contribution in [3.8, 4) is 5.75 Å². The average Bonchev–Trinajstić information content (AvgIpc) is 2.89. The lowest BCUT2D eigenvalue weighted by Gasteiger charge is -2.21. The number of aromatic hydroxyl groups is 1. The van der Waals surface area contributed by atoms with Gasteiger partial charge in [-0.3, -0.25) is 0 Å². The molecule has 14 heavy (non-hydrogen) atoms. The maximum absolute atomic E-state index is 9.14. The van der Waals surface area contributed by atoms with Crippen LogP contribution in [0.15, 0.2) is 24.3 Å². The molecule has 2 nitrogen and oxygen atoms in total. The molecule has 1 aliphatic rings. The molecule has 0 aromatic heterocycles. The number of hydrogen-bond donors (Lipinski definition) is 2. The fourth-order valence-corrected chi connectivity index (χ4v) is 1.61. The van der Waals surface area contributed by atoms with Gasteiger partial charge in [-0.05, 0) is 49.4 Å². The molecule has 2 heteroatoms. The molecule has 0 bridgehead atoms. The van der Waals surface area contributed by atoms with Crippen molar-refractivity contribution in [3.63, 3.8) is 0 Å². The van der Waals surface area contributed by atoms with Gasteiger partial charge in [0.15, 0.2) is 0 Å². The summed E-state index contributed by atoms with van der Waals surface area (Å²) in [5, 5.41) is 12.6. The molecule has 0 amide bonds. The second-order valence-corrected chi connectivity index (χ2v) is 4.57. The van der Waals surface area contributed by atoms with Crippen LogP contribution >= 0.6 is 0 Å². The Bertz CT molecular complexity index is 314. The zero-order valence-electron chi connectivity index (χ0n) is 8.75. The predicted octanol–water partition coefficient (Wildman–Crippen LogP) is 2.99. The number of nitrogens with one attached hydrogen (secondary N) is 1. The Morgan fingerprint density at radius 3 is 2.36 bits per heavy atom. The molecular formula is C12H17NO. The molecule has 0 heterocycles. The highest BCUT2D eigenvalue weighted by molar-refractivity contribution is 5.47. The second kappa shape index (κ2) is 3.19. The largest absolute Gasteiger partial charge is 0.508 e. The quantitative estimate of drug-likeness (QED) is 0.720. The van der Waals surface area contributed by atoms with Gasteiger partial charge in [-0.2, -0.15) is 0 Å². The summed E-state index contributed by atoms with van der Waals surface area (Å²) in [6.07, 6.45) is 2.64. The van der Waals surface area contributed by atoms with Crippen LogP contribution in [0, 0.1) is 5.41 Å². The Kier molecular flexibility index (Phi) is 2.14. The Labute approximate surface area is 85.0 Å². The Morgan fingerprint density at radius 2 is 1.86 bits per heavy atom. The molecule has 76 valence electrons. The summed E-state index contributed by atoms with van der Waals surface area (Å²) in [5.41, 5.74) is 1.57. The third-order valence-corrected chi connectivity index (χ3v) is 3.33. The first-order valence-corrected chi connectivity index (χ1v) is 5.16. The van der Waals surface area contributed by atoms with Crippen molar-refractivity contribution in [1.29, 1.82) is 0 Å². The predicted molar refractivity (Wildman–Crippen MR) is 58.5 cm³/mol. The zero-order chi connectivity index (χ0) is 10.2. The summed E-state index contributed by atoms with van der Waals surface area (Å²) < 4.78 is 0. The van der Waals surface area contributed by atoms with Crippen LogP contribution in [-0.2, 0) is 0 Å². The van der Waals surface area contributed by atoms with E-state index in [1.165, 1.54) is 12.8 Å². The van der Waals surface area contributed by atoms with Crippen LogP contribution in [0.4, 0.5) is 5.69 Å². The Hall–Kier alpha value is -1.18. The number of rotatable bonds is 3. The number of hydrogen-bond acceptors (Lipinski definition) is 2. The molecule has 0 aliphatic heterocycles. The summed E-state index contributed by atoms with van der Waals surface area (Å²) in [6, 6.07) is 7.76. The van der Waals surface area contributed by atoms with E-state index in [0.717, 1.165) is 5.69 Å². The Morgan fingerprint density at radius 1 is 1.29 bits per heavy atom. The number of phenolic OH excluding ortho intramolecular Hbond substituents is 1. The second-order valence-electron chi connectivity index (χ2n) is 4.57. The third-order valence-electron chi connectivity index (χ3n) is 3.33. The van der Waals surface area contributed by atoms with E-state index in [1.54, 1.807) is 12.1 Å². The summed E-state index contributed by atoms with van der Waals surface area (Å²) in [6.45, 7) is 4.53. The van der Waals surface area contributed by atoms with Crippen molar-refractivity contribution < 1.29 is 5.11 Å². The van der Waals surface area contributed by atoms with E-state index < -0.39 is 0 Å². The van der Waals surface area contributed by atoms with E-state index >= 15 is 0 Å².